The molecule has 1 saturated heterocycles. The molecule has 0 aromatic carbocycles. The van der Waals surface area contributed by atoms with Gasteiger partial charge in [-0.2, -0.15) is 0 Å². The molecule has 0 unspecified atom stereocenters. The molecule has 0 radical (unpaired) electrons. The number of rotatable bonds is 4. The van der Waals surface area contributed by atoms with E-state index in [9.17, 15) is 0 Å². The lowest BCUT2D eigenvalue weighted by Crippen LogP contribution is -2.43. The van der Waals surface area contributed by atoms with Crippen molar-refractivity contribution in [2.45, 2.75) is 26.7 Å². The number of halogens is 1. The molecule has 0 saturated carbocycles. The summed E-state index contributed by atoms with van der Waals surface area (Å²) in [6.45, 7) is 8.89. The number of guanidine groups is 1. The molecule has 0 amide bonds. The molecular formula is C13H29IN4. The van der Waals surface area contributed by atoms with Crippen molar-refractivity contribution in [2.75, 3.05) is 40.3 Å². The van der Waals surface area contributed by atoms with E-state index in [0.717, 1.165) is 25.0 Å². The first-order valence-corrected chi connectivity index (χ1v) is 6.75. The SMILES string of the molecule is CN=C(NCC(C)C)NCC1CCN(C)CC1.I. The first kappa shape index (κ1) is 18.0. The largest absolute Gasteiger partial charge is 0.356 e. The maximum absolute atomic E-state index is 4.24. The van der Waals surface area contributed by atoms with Gasteiger partial charge in [0, 0.05) is 20.1 Å². The molecule has 18 heavy (non-hydrogen) atoms. The highest BCUT2D eigenvalue weighted by Gasteiger charge is 2.16. The molecule has 1 rings (SSSR count). The van der Waals surface area contributed by atoms with Crippen molar-refractivity contribution in [1.82, 2.24) is 15.5 Å². The fourth-order valence-corrected chi connectivity index (χ4v) is 2.03. The van der Waals surface area contributed by atoms with Crippen LogP contribution >= 0.6 is 24.0 Å². The first-order valence-electron chi connectivity index (χ1n) is 6.75. The van der Waals surface area contributed by atoms with Crippen molar-refractivity contribution >= 4 is 29.9 Å². The number of hydrogen-bond acceptors (Lipinski definition) is 2. The highest BCUT2D eigenvalue weighted by Crippen LogP contribution is 2.14. The van der Waals surface area contributed by atoms with Gasteiger partial charge in [0.15, 0.2) is 5.96 Å². The lowest BCUT2D eigenvalue weighted by atomic mass is 9.97. The van der Waals surface area contributed by atoms with Gasteiger partial charge < -0.3 is 15.5 Å². The summed E-state index contributed by atoms with van der Waals surface area (Å²) in [5.74, 6) is 2.39. The first-order chi connectivity index (χ1) is 8.11. The molecule has 4 nitrogen and oxygen atoms in total. The van der Waals surface area contributed by atoms with E-state index >= 15 is 0 Å². The zero-order valence-electron chi connectivity index (χ0n) is 12.2. The summed E-state index contributed by atoms with van der Waals surface area (Å²) < 4.78 is 0. The van der Waals surface area contributed by atoms with Crippen LogP contribution in [0.3, 0.4) is 0 Å². The van der Waals surface area contributed by atoms with Gasteiger partial charge in [-0.15, -0.1) is 24.0 Å². The molecule has 0 spiro atoms. The number of hydrogen-bond donors (Lipinski definition) is 2. The van der Waals surface area contributed by atoms with Gasteiger partial charge >= 0.3 is 0 Å². The summed E-state index contributed by atoms with van der Waals surface area (Å²) in [6.07, 6.45) is 2.59. The number of nitrogens with one attached hydrogen (secondary N) is 2. The minimum Gasteiger partial charge on any atom is -0.356 e. The second-order valence-electron chi connectivity index (χ2n) is 5.47. The third kappa shape index (κ3) is 7.41. The van der Waals surface area contributed by atoms with Crippen LogP contribution in [-0.4, -0.2) is 51.1 Å². The van der Waals surface area contributed by atoms with Gasteiger partial charge in [-0.3, -0.25) is 4.99 Å². The zero-order valence-corrected chi connectivity index (χ0v) is 14.5. The van der Waals surface area contributed by atoms with Crippen LogP contribution in [0.1, 0.15) is 26.7 Å². The number of aliphatic imine (C=N–C) groups is 1. The van der Waals surface area contributed by atoms with Crippen molar-refractivity contribution in [3.63, 3.8) is 0 Å². The Balaban J connectivity index is 0.00000289. The maximum Gasteiger partial charge on any atom is 0.190 e. The van der Waals surface area contributed by atoms with Gasteiger partial charge in [0.2, 0.25) is 0 Å². The maximum atomic E-state index is 4.24. The van der Waals surface area contributed by atoms with Gasteiger partial charge in [0.25, 0.3) is 0 Å². The van der Waals surface area contributed by atoms with Gasteiger partial charge in [-0.1, -0.05) is 13.8 Å². The van der Waals surface area contributed by atoms with Gasteiger partial charge in [0.1, 0.15) is 0 Å². The van der Waals surface area contributed by atoms with Gasteiger partial charge in [0.05, 0.1) is 0 Å². The van der Waals surface area contributed by atoms with Crippen molar-refractivity contribution in [2.24, 2.45) is 16.8 Å². The van der Waals surface area contributed by atoms with Crippen LogP contribution in [0.4, 0.5) is 0 Å². The van der Waals surface area contributed by atoms with Gasteiger partial charge in [-0.25, -0.2) is 0 Å². The Bertz CT molecular complexity index is 235. The minimum absolute atomic E-state index is 0. The quantitative estimate of drug-likeness (QED) is 0.451. The summed E-state index contributed by atoms with van der Waals surface area (Å²) in [5, 5.41) is 6.78. The summed E-state index contributed by atoms with van der Waals surface area (Å²) >= 11 is 0. The third-order valence-electron chi connectivity index (χ3n) is 3.30. The Kier molecular flexibility index (Phi) is 9.81. The van der Waals surface area contributed by atoms with Crippen LogP contribution in [0, 0.1) is 11.8 Å². The fourth-order valence-electron chi connectivity index (χ4n) is 2.03. The predicted octanol–water partition coefficient (Wildman–Crippen LogP) is 1.77. The fraction of sp³-hybridized carbons (Fsp3) is 0.923. The van der Waals surface area contributed by atoms with E-state index in [1.54, 1.807) is 0 Å². The number of likely N-dealkylation sites (tertiary alicyclic amines) is 1. The smallest absolute Gasteiger partial charge is 0.190 e. The van der Waals surface area contributed by atoms with E-state index in [2.05, 4.69) is 41.4 Å². The molecule has 0 aromatic heterocycles. The summed E-state index contributed by atoms with van der Waals surface area (Å²) in [4.78, 5) is 6.65. The normalized spacial score (nSPS) is 18.6. The second kappa shape index (κ2) is 9.83. The molecule has 0 atom stereocenters. The third-order valence-corrected chi connectivity index (χ3v) is 3.30. The topological polar surface area (TPSA) is 39.7 Å². The molecule has 1 aliphatic rings. The molecule has 108 valence electrons. The summed E-state index contributed by atoms with van der Waals surface area (Å²) in [5.41, 5.74) is 0. The van der Waals surface area contributed by atoms with Crippen LogP contribution in [0.5, 0.6) is 0 Å². The zero-order chi connectivity index (χ0) is 12.7. The second-order valence-corrected chi connectivity index (χ2v) is 5.47. The summed E-state index contributed by atoms with van der Waals surface area (Å²) in [7, 11) is 4.04. The Morgan fingerprint density at radius 2 is 1.89 bits per heavy atom. The van der Waals surface area contributed by atoms with Crippen molar-refractivity contribution in [1.29, 1.82) is 0 Å². The lowest BCUT2D eigenvalue weighted by Gasteiger charge is -2.29. The van der Waals surface area contributed by atoms with Crippen LogP contribution in [0.2, 0.25) is 0 Å². The molecular weight excluding hydrogens is 339 g/mol. The lowest BCUT2D eigenvalue weighted by molar-refractivity contribution is 0.220. The van der Waals surface area contributed by atoms with E-state index in [-0.39, 0.29) is 24.0 Å². The van der Waals surface area contributed by atoms with Crippen LogP contribution in [0.15, 0.2) is 4.99 Å². The van der Waals surface area contributed by atoms with Crippen molar-refractivity contribution in [3.05, 3.63) is 0 Å². The van der Waals surface area contributed by atoms with E-state index in [0.29, 0.717) is 5.92 Å². The average Bonchev–Trinajstić information content (AvgIpc) is 2.31. The molecule has 2 N–H and O–H groups in total. The molecule has 1 aliphatic heterocycles. The predicted molar refractivity (Wildman–Crippen MR) is 89.8 cm³/mol. The number of piperidine rings is 1. The Morgan fingerprint density at radius 3 is 2.39 bits per heavy atom. The van der Waals surface area contributed by atoms with E-state index in [4.69, 9.17) is 0 Å². The minimum atomic E-state index is 0. The summed E-state index contributed by atoms with van der Waals surface area (Å²) in [6, 6.07) is 0. The van der Waals surface area contributed by atoms with E-state index < -0.39 is 0 Å². The Hall–Kier alpha value is -0.0400. The molecule has 5 heteroatoms. The highest BCUT2D eigenvalue weighted by molar-refractivity contribution is 14.0. The number of nitrogens with zero attached hydrogens (tertiary/aromatic N) is 2. The molecule has 0 bridgehead atoms. The van der Waals surface area contributed by atoms with E-state index in [1.807, 2.05) is 7.05 Å². The molecule has 0 aromatic rings. The monoisotopic (exact) mass is 368 g/mol. The van der Waals surface area contributed by atoms with Gasteiger partial charge in [-0.05, 0) is 44.8 Å². The van der Waals surface area contributed by atoms with Crippen molar-refractivity contribution < 1.29 is 0 Å². The molecule has 1 fully saturated rings. The van der Waals surface area contributed by atoms with E-state index in [1.165, 1.54) is 25.9 Å². The Labute approximate surface area is 129 Å². The van der Waals surface area contributed by atoms with Crippen LogP contribution in [0.25, 0.3) is 0 Å². The van der Waals surface area contributed by atoms with Crippen LogP contribution < -0.4 is 10.6 Å². The highest BCUT2D eigenvalue weighted by atomic mass is 127. The standard InChI is InChI=1S/C13H28N4.HI/c1-11(2)9-15-13(14-3)16-10-12-5-7-17(4)8-6-12;/h11-12H,5-10H2,1-4H3,(H2,14,15,16);1H. The molecule has 1 heterocycles. The van der Waals surface area contributed by atoms with Crippen molar-refractivity contribution in [3.8, 4) is 0 Å². The Morgan fingerprint density at radius 1 is 1.28 bits per heavy atom. The van der Waals surface area contributed by atoms with Crippen LogP contribution in [-0.2, 0) is 0 Å². The average molecular weight is 368 g/mol. The molecule has 0 aliphatic carbocycles.